The summed E-state index contributed by atoms with van der Waals surface area (Å²) in [5.74, 6) is -3.71. The van der Waals surface area contributed by atoms with Gasteiger partial charge in [0, 0.05) is 31.4 Å². The standard InChI is InChI=1S/C23H32F2N6O5S/c1-14(13-32)27-8-3-11-37(34,35)31-9-6-15(7-10-31)29-23-28-12-16(22(26)30-23)21(33)19-18(36-2)5-4-17(24)20(19)25/h4-5,12,14-15,27,32H,3,6-11,13H2,1-2H3,(H3,26,28,29,30)/t14-/m0/s1. The summed E-state index contributed by atoms with van der Waals surface area (Å²) in [5, 5.41) is 15.1. The molecule has 14 heteroatoms. The molecule has 1 aliphatic rings. The molecule has 1 saturated heterocycles. The maximum absolute atomic E-state index is 14.3. The number of aliphatic hydroxyl groups is 1. The molecule has 1 aromatic heterocycles. The van der Waals surface area contributed by atoms with Gasteiger partial charge in [0.1, 0.15) is 17.1 Å². The van der Waals surface area contributed by atoms with Crippen LogP contribution in [0.2, 0.25) is 0 Å². The van der Waals surface area contributed by atoms with Gasteiger partial charge >= 0.3 is 0 Å². The molecule has 0 aliphatic carbocycles. The van der Waals surface area contributed by atoms with Crippen LogP contribution in [0.15, 0.2) is 18.3 Å². The predicted octanol–water partition coefficient (Wildman–Crippen LogP) is 1.14. The smallest absolute Gasteiger partial charge is 0.224 e. The van der Waals surface area contributed by atoms with Crippen molar-refractivity contribution in [3.8, 4) is 5.75 Å². The fraction of sp³-hybridized carbons (Fsp3) is 0.522. The summed E-state index contributed by atoms with van der Waals surface area (Å²) in [5.41, 5.74) is 5.12. The van der Waals surface area contributed by atoms with Crippen LogP contribution in [0.3, 0.4) is 0 Å². The van der Waals surface area contributed by atoms with E-state index in [4.69, 9.17) is 15.6 Å². The average Bonchev–Trinajstić information content (AvgIpc) is 2.88. The van der Waals surface area contributed by atoms with E-state index in [2.05, 4.69) is 20.6 Å². The number of rotatable bonds is 12. The maximum Gasteiger partial charge on any atom is 0.224 e. The number of aliphatic hydroxyl groups excluding tert-OH is 1. The molecule has 1 aliphatic heterocycles. The van der Waals surface area contributed by atoms with E-state index in [0.29, 0.717) is 38.9 Å². The van der Waals surface area contributed by atoms with Crippen molar-refractivity contribution in [1.82, 2.24) is 19.6 Å². The van der Waals surface area contributed by atoms with Crippen molar-refractivity contribution in [3.63, 3.8) is 0 Å². The highest BCUT2D eigenvalue weighted by molar-refractivity contribution is 7.89. The normalized spacial score (nSPS) is 15.9. The van der Waals surface area contributed by atoms with E-state index in [9.17, 15) is 22.0 Å². The molecule has 0 bridgehead atoms. The first kappa shape index (κ1) is 28.6. The molecule has 0 radical (unpaired) electrons. The molecule has 1 fully saturated rings. The minimum Gasteiger partial charge on any atom is -0.496 e. The van der Waals surface area contributed by atoms with Gasteiger partial charge in [-0.25, -0.2) is 26.5 Å². The quantitative estimate of drug-likeness (QED) is 0.226. The fourth-order valence-corrected chi connectivity index (χ4v) is 5.48. The van der Waals surface area contributed by atoms with E-state index >= 15 is 0 Å². The molecule has 5 N–H and O–H groups in total. The Hall–Kier alpha value is -2.94. The number of sulfonamides is 1. The summed E-state index contributed by atoms with van der Waals surface area (Å²) in [6, 6.07) is 1.78. The Morgan fingerprint density at radius 3 is 2.65 bits per heavy atom. The number of hydrogen-bond acceptors (Lipinski definition) is 10. The summed E-state index contributed by atoms with van der Waals surface area (Å²) in [7, 11) is -2.17. The first-order valence-electron chi connectivity index (χ1n) is 11.8. The molecule has 1 aromatic carbocycles. The van der Waals surface area contributed by atoms with Crippen molar-refractivity contribution in [2.24, 2.45) is 0 Å². The number of carbonyl (C=O) groups is 1. The third-order valence-corrected chi connectivity index (χ3v) is 8.05. The number of ether oxygens (including phenoxy) is 1. The Morgan fingerprint density at radius 1 is 1.32 bits per heavy atom. The fourth-order valence-electron chi connectivity index (χ4n) is 3.95. The number of benzene rings is 1. The molecule has 11 nitrogen and oxygen atoms in total. The van der Waals surface area contributed by atoms with Gasteiger partial charge in [-0.1, -0.05) is 0 Å². The number of ketones is 1. The molecule has 0 saturated carbocycles. The van der Waals surface area contributed by atoms with Gasteiger partial charge in [-0.3, -0.25) is 4.79 Å². The Labute approximate surface area is 214 Å². The third-order valence-electron chi connectivity index (χ3n) is 6.09. The van der Waals surface area contributed by atoms with Crippen LogP contribution in [0, 0.1) is 11.6 Å². The van der Waals surface area contributed by atoms with Crippen LogP contribution < -0.4 is 21.1 Å². The highest BCUT2D eigenvalue weighted by Crippen LogP contribution is 2.28. The second-order valence-electron chi connectivity index (χ2n) is 8.79. The van der Waals surface area contributed by atoms with Crippen LogP contribution >= 0.6 is 0 Å². The number of hydrogen-bond donors (Lipinski definition) is 4. The van der Waals surface area contributed by atoms with Gasteiger partial charge in [0.2, 0.25) is 21.8 Å². The van der Waals surface area contributed by atoms with Gasteiger partial charge in [0.15, 0.2) is 11.6 Å². The number of carbonyl (C=O) groups excluding carboxylic acids is 1. The Kier molecular flexibility index (Phi) is 9.70. The average molecular weight is 543 g/mol. The number of piperidine rings is 1. The van der Waals surface area contributed by atoms with E-state index in [1.807, 2.05) is 6.92 Å². The summed E-state index contributed by atoms with van der Waals surface area (Å²) in [6.45, 7) is 2.95. The van der Waals surface area contributed by atoms with E-state index < -0.39 is 33.0 Å². The lowest BCUT2D eigenvalue weighted by Gasteiger charge is -2.31. The number of nitrogens with one attached hydrogen (secondary N) is 2. The zero-order valence-electron chi connectivity index (χ0n) is 20.7. The van der Waals surface area contributed by atoms with Gasteiger partial charge in [0.25, 0.3) is 0 Å². The van der Waals surface area contributed by atoms with E-state index in [1.165, 1.54) is 11.4 Å². The topological polar surface area (TPSA) is 160 Å². The summed E-state index contributed by atoms with van der Waals surface area (Å²) in [6.07, 6.45) is 2.58. The van der Waals surface area contributed by atoms with Gasteiger partial charge in [0.05, 0.1) is 25.0 Å². The number of methoxy groups -OCH3 is 1. The SMILES string of the molecule is COc1ccc(F)c(F)c1C(=O)c1cnc(NC2CCN(S(=O)(=O)CCCN[C@@H](C)CO)CC2)nc1N. The lowest BCUT2D eigenvalue weighted by molar-refractivity contribution is 0.103. The molecular weight excluding hydrogens is 510 g/mol. The largest absolute Gasteiger partial charge is 0.496 e. The molecule has 0 spiro atoms. The second kappa shape index (κ2) is 12.5. The van der Waals surface area contributed by atoms with E-state index in [-0.39, 0.29) is 47.5 Å². The van der Waals surface area contributed by atoms with Crippen molar-refractivity contribution in [2.45, 2.75) is 38.3 Å². The number of aromatic nitrogens is 2. The Bertz CT molecular complexity index is 1210. The van der Waals surface area contributed by atoms with Crippen molar-refractivity contribution in [3.05, 3.63) is 41.1 Å². The minimum absolute atomic E-state index is 0.0119. The first-order chi connectivity index (χ1) is 17.6. The molecular formula is C23H32F2N6O5S. The molecule has 1 atom stereocenters. The number of halogens is 2. The highest BCUT2D eigenvalue weighted by atomic mass is 32.2. The predicted molar refractivity (Wildman–Crippen MR) is 134 cm³/mol. The van der Waals surface area contributed by atoms with Gasteiger partial charge in [-0.2, -0.15) is 4.98 Å². The number of anilines is 2. The summed E-state index contributed by atoms with van der Waals surface area (Å²) in [4.78, 5) is 21.0. The summed E-state index contributed by atoms with van der Waals surface area (Å²) < 4.78 is 59.7. The maximum atomic E-state index is 14.3. The summed E-state index contributed by atoms with van der Waals surface area (Å²) >= 11 is 0. The van der Waals surface area contributed by atoms with Crippen LogP contribution in [0.5, 0.6) is 5.75 Å². The lowest BCUT2D eigenvalue weighted by Crippen LogP contribution is -2.43. The Balaban J connectivity index is 1.58. The van der Waals surface area contributed by atoms with Crippen molar-refractivity contribution >= 4 is 27.6 Å². The monoisotopic (exact) mass is 542 g/mol. The van der Waals surface area contributed by atoms with Crippen LogP contribution in [-0.2, 0) is 10.0 Å². The molecule has 2 heterocycles. The highest BCUT2D eigenvalue weighted by Gasteiger charge is 2.29. The molecule has 0 amide bonds. The van der Waals surface area contributed by atoms with Gasteiger partial charge in [-0.05, 0) is 44.9 Å². The Morgan fingerprint density at radius 2 is 2.03 bits per heavy atom. The van der Waals surface area contributed by atoms with Crippen molar-refractivity contribution < 1.29 is 31.8 Å². The number of nitrogens with zero attached hydrogens (tertiary/aromatic N) is 3. The zero-order chi connectivity index (χ0) is 27.2. The van der Waals surface area contributed by atoms with E-state index in [1.54, 1.807) is 0 Å². The van der Waals surface area contributed by atoms with Crippen LogP contribution in [-0.4, -0.2) is 84.8 Å². The van der Waals surface area contributed by atoms with Gasteiger partial charge in [-0.15, -0.1) is 0 Å². The molecule has 204 valence electrons. The van der Waals surface area contributed by atoms with Gasteiger partial charge < -0.3 is 26.2 Å². The van der Waals surface area contributed by atoms with Crippen LogP contribution in [0.4, 0.5) is 20.5 Å². The number of nitrogens with two attached hydrogens (primary N) is 1. The molecule has 37 heavy (non-hydrogen) atoms. The second-order valence-corrected chi connectivity index (χ2v) is 10.9. The molecule has 0 unspecified atom stereocenters. The first-order valence-corrected chi connectivity index (χ1v) is 13.5. The van der Waals surface area contributed by atoms with E-state index in [0.717, 1.165) is 18.3 Å². The third kappa shape index (κ3) is 7.09. The lowest BCUT2D eigenvalue weighted by atomic mass is 10.0. The van der Waals surface area contributed by atoms with Crippen molar-refractivity contribution in [2.75, 3.05) is 50.2 Å². The van der Waals surface area contributed by atoms with Crippen molar-refractivity contribution in [1.29, 1.82) is 0 Å². The van der Waals surface area contributed by atoms with Crippen LogP contribution in [0.1, 0.15) is 42.1 Å². The molecule has 3 rings (SSSR count). The number of nitrogen functional groups attached to an aromatic ring is 1. The minimum atomic E-state index is -3.40. The molecule has 2 aromatic rings. The zero-order valence-corrected chi connectivity index (χ0v) is 21.5. The van der Waals surface area contributed by atoms with Crippen LogP contribution in [0.25, 0.3) is 0 Å².